The molecule has 0 saturated carbocycles. The Labute approximate surface area is 181 Å². The summed E-state index contributed by atoms with van der Waals surface area (Å²) in [6.07, 6.45) is 1.09. The van der Waals surface area contributed by atoms with E-state index in [-0.39, 0.29) is 17.9 Å². The van der Waals surface area contributed by atoms with Gasteiger partial charge in [-0.15, -0.1) is 0 Å². The van der Waals surface area contributed by atoms with Crippen LogP contribution in [-0.4, -0.2) is 49.4 Å². The topological polar surface area (TPSA) is 117 Å². The third-order valence-electron chi connectivity index (χ3n) is 5.23. The second kappa shape index (κ2) is 9.03. The lowest BCUT2D eigenvalue weighted by Gasteiger charge is -2.36. The van der Waals surface area contributed by atoms with Crippen molar-refractivity contribution in [2.45, 2.75) is 37.8 Å². The van der Waals surface area contributed by atoms with Crippen LogP contribution in [0.2, 0.25) is 0 Å². The van der Waals surface area contributed by atoms with Crippen LogP contribution < -0.4 is 5.32 Å². The summed E-state index contributed by atoms with van der Waals surface area (Å²) in [5.74, 6) is -2.60. The molecule has 0 spiro atoms. The van der Waals surface area contributed by atoms with Crippen molar-refractivity contribution >= 4 is 11.6 Å². The number of halogens is 2. The number of anilines is 1. The minimum atomic E-state index is -1.01. The van der Waals surface area contributed by atoms with Gasteiger partial charge in [-0.05, 0) is 31.2 Å². The number of aliphatic hydroxyl groups is 2. The fourth-order valence-electron chi connectivity index (χ4n) is 3.56. The van der Waals surface area contributed by atoms with E-state index in [1.54, 1.807) is 13.0 Å². The zero-order chi connectivity index (χ0) is 22.8. The summed E-state index contributed by atoms with van der Waals surface area (Å²) >= 11 is 0. The van der Waals surface area contributed by atoms with Crippen molar-refractivity contribution in [3.63, 3.8) is 0 Å². The number of carbonyl (C=O) groups excluding carboxylic acids is 1. The monoisotopic (exact) mass is 442 g/mol. The first-order valence-corrected chi connectivity index (χ1v) is 9.89. The first kappa shape index (κ1) is 21.9. The molecular formula is C22H20F2N4O4. The molecule has 1 aliphatic heterocycles. The molecule has 2 aromatic heterocycles. The smallest absolute Gasteiger partial charge is 0.274 e. The molecule has 0 bridgehead atoms. The molecular weight excluding hydrogens is 422 g/mol. The van der Waals surface area contributed by atoms with E-state index in [1.165, 1.54) is 30.7 Å². The molecule has 1 saturated heterocycles. The van der Waals surface area contributed by atoms with Crippen LogP contribution in [0.4, 0.5) is 14.5 Å². The third kappa shape index (κ3) is 4.33. The number of hydrogen-bond donors (Lipinski definition) is 3. The maximum absolute atomic E-state index is 14.1. The Balaban J connectivity index is 1.60. The Morgan fingerprint density at radius 3 is 2.62 bits per heavy atom. The van der Waals surface area contributed by atoms with Crippen LogP contribution in [0.3, 0.4) is 0 Å². The lowest BCUT2D eigenvalue weighted by molar-refractivity contribution is -0.163. The Hall–Kier alpha value is -3.34. The van der Waals surface area contributed by atoms with Gasteiger partial charge in [0.2, 0.25) is 0 Å². The molecule has 8 nitrogen and oxygen atoms in total. The fraction of sp³-hybridized carbons (Fsp3) is 0.273. The van der Waals surface area contributed by atoms with Crippen LogP contribution in [0.1, 0.15) is 35.5 Å². The summed E-state index contributed by atoms with van der Waals surface area (Å²) in [5.41, 5.74) is 0.332. The molecule has 3 heterocycles. The van der Waals surface area contributed by atoms with Gasteiger partial charge >= 0.3 is 0 Å². The van der Waals surface area contributed by atoms with Crippen LogP contribution in [0.25, 0.3) is 11.4 Å². The van der Waals surface area contributed by atoms with E-state index >= 15 is 0 Å². The fourth-order valence-corrected chi connectivity index (χ4v) is 3.56. The molecule has 32 heavy (non-hydrogen) atoms. The number of rotatable bonds is 4. The Bertz CT molecular complexity index is 1110. The number of aliphatic hydroxyl groups excluding tert-OH is 2. The first-order valence-electron chi connectivity index (χ1n) is 9.89. The summed E-state index contributed by atoms with van der Waals surface area (Å²) < 4.78 is 34.0. The average molecular weight is 442 g/mol. The predicted octanol–water partition coefficient (Wildman–Crippen LogP) is 2.64. The van der Waals surface area contributed by atoms with Gasteiger partial charge in [0.15, 0.2) is 5.82 Å². The number of nitrogens with zero attached hydrogens (tertiary/aromatic N) is 3. The normalized spacial score (nSPS) is 23.0. The van der Waals surface area contributed by atoms with E-state index in [4.69, 9.17) is 4.74 Å². The van der Waals surface area contributed by atoms with Crippen LogP contribution >= 0.6 is 0 Å². The molecule has 4 rings (SSSR count). The standard InChI is InChI=1S/C22H20F2N4O4/c1-11-20(30)17(29)9-18(32-11)12-5-7-25-10-16(12)28-22(31)15-6-8-26-21(27-15)19-13(23)3-2-4-14(19)24/h2-8,10-11,17-18,20,29-30H,9H2,1H3,(H,28,31)/t11-,17-,18-,20-/m1/s1. The average Bonchev–Trinajstić information content (AvgIpc) is 2.77. The maximum atomic E-state index is 14.1. The van der Waals surface area contributed by atoms with Gasteiger partial charge in [0.25, 0.3) is 5.91 Å². The molecule has 0 unspecified atom stereocenters. The van der Waals surface area contributed by atoms with Gasteiger partial charge in [0.1, 0.15) is 23.4 Å². The second-order valence-corrected chi connectivity index (χ2v) is 7.40. The predicted molar refractivity (Wildman–Crippen MR) is 109 cm³/mol. The van der Waals surface area contributed by atoms with Crippen LogP contribution in [0, 0.1) is 11.6 Å². The molecule has 0 aliphatic carbocycles. The van der Waals surface area contributed by atoms with Gasteiger partial charge < -0.3 is 20.3 Å². The number of aromatic nitrogens is 3. The molecule has 1 fully saturated rings. The zero-order valence-corrected chi connectivity index (χ0v) is 16.9. The van der Waals surface area contributed by atoms with Crippen molar-refractivity contribution in [1.29, 1.82) is 0 Å². The van der Waals surface area contributed by atoms with Gasteiger partial charge in [-0.3, -0.25) is 9.78 Å². The van der Waals surface area contributed by atoms with Crippen LogP contribution in [0.15, 0.2) is 48.9 Å². The van der Waals surface area contributed by atoms with E-state index in [1.807, 2.05) is 0 Å². The molecule has 1 aromatic carbocycles. The number of ether oxygens (including phenoxy) is 1. The first-order chi connectivity index (χ1) is 15.3. The number of pyridine rings is 1. The quantitative estimate of drug-likeness (QED) is 0.569. The van der Waals surface area contributed by atoms with E-state index in [2.05, 4.69) is 20.3 Å². The molecule has 1 aliphatic rings. The summed E-state index contributed by atoms with van der Waals surface area (Å²) in [5, 5.41) is 22.7. The third-order valence-corrected chi connectivity index (χ3v) is 5.23. The van der Waals surface area contributed by atoms with E-state index < -0.39 is 47.5 Å². The summed E-state index contributed by atoms with van der Waals surface area (Å²) in [4.78, 5) is 24.7. The number of amides is 1. The van der Waals surface area contributed by atoms with Crippen LogP contribution in [-0.2, 0) is 4.74 Å². The van der Waals surface area contributed by atoms with Crippen molar-refractivity contribution in [3.05, 3.63) is 71.8 Å². The second-order valence-electron chi connectivity index (χ2n) is 7.40. The Morgan fingerprint density at radius 1 is 1.16 bits per heavy atom. The molecule has 1 amide bonds. The largest absolute Gasteiger partial charge is 0.390 e. The van der Waals surface area contributed by atoms with Crippen molar-refractivity contribution in [2.24, 2.45) is 0 Å². The lowest BCUT2D eigenvalue weighted by Crippen LogP contribution is -2.44. The van der Waals surface area contributed by atoms with Gasteiger partial charge in [0, 0.05) is 24.4 Å². The van der Waals surface area contributed by atoms with Crippen molar-refractivity contribution in [2.75, 3.05) is 5.32 Å². The lowest BCUT2D eigenvalue weighted by atomic mass is 9.94. The Kier molecular flexibility index (Phi) is 6.17. The molecule has 0 radical (unpaired) electrons. The van der Waals surface area contributed by atoms with Gasteiger partial charge in [0.05, 0.1) is 35.8 Å². The van der Waals surface area contributed by atoms with Crippen LogP contribution in [0.5, 0.6) is 0 Å². The highest BCUT2D eigenvalue weighted by molar-refractivity contribution is 6.03. The van der Waals surface area contributed by atoms with E-state index in [0.29, 0.717) is 11.3 Å². The summed E-state index contributed by atoms with van der Waals surface area (Å²) in [6, 6.07) is 6.32. The highest BCUT2D eigenvalue weighted by Crippen LogP contribution is 2.35. The van der Waals surface area contributed by atoms with Gasteiger partial charge in [-0.2, -0.15) is 0 Å². The Morgan fingerprint density at radius 2 is 1.91 bits per heavy atom. The minimum Gasteiger partial charge on any atom is -0.390 e. The molecule has 166 valence electrons. The zero-order valence-electron chi connectivity index (χ0n) is 16.9. The summed E-state index contributed by atoms with van der Waals surface area (Å²) in [6.45, 7) is 1.64. The van der Waals surface area contributed by atoms with E-state index in [9.17, 15) is 23.8 Å². The molecule has 3 aromatic rings. The SMILES string of the molecule is C[C@H]1O[C@@H](c2ccncc2NC(=O)c2ccnc(-c3c(F)cccc3F)n2)C[C@@H](O)[C@@H]1O. The van der Waals surface area contributed by atoms with Gasteiger partial charge in [-0.1, -0.05) is 6.07 Å². The van der Waals surface area contributed by atoms with Gasteiger partial charge in [-0.25, -0.2) is 18.7 Å². The van der Waals surface area contributed by atoms with Crippen molar-refractivity contribution in [1.82, 2.24) is 15.0 Å². The highest BCUT2D eigenvalue weighted by Gasteiger charge is 2.35. The number of nitrogens with one attached hydrogen (secondary N) is 1. The molecule has 3 N–H and O–H groups in total. The highest BCUT2D eigenvalue weighted by atomic mass is 19.1. The molecule has 10 heteroatoms. The molecule has 4 atom stereocenters. The van der Waals surface area contributed by atoms with E-state index in [0.717, 1.165) is 12.1 Å². The van der Waals surface area contributed by atoms with Crippen molar-refractivity contribution < 1.29 is 28.5 Å². The number of hydrogen-bond acceptors (Lipinski definition) is 7. The minimum absolute atomic E-state index is 0.110. The maximum Gasteiger partial charge on any atom is 0.274 e. The summed E-state index contributed by atoms with van der Waals surface area (Å²) in [7, 11) is 0. The number of carbonyl (C=O) groups is 1. The van der Waals surface area contributed by atoms with Crippen molar-refractivity contribution in [3.8, 4) is 11.4 Å². The number of benzene rings is 1.